The molecule has 4 rings (SSSR count). The highest BCUT2D eigenvalue weighted by Gasteiger charge is 2.56. The van der Waals surface area contributed by atoms with Gasteiger partial charge in [0.15, 0.2) is 23.5 Å². The third-order valence-electron chi connectivity index (χ3n) is 4.49. The van der Waals surface area contributed by atoms with Crippen LogP contribution in [0.3, 0.4) is 0 Å². The van der Waals surface area contributed by atoms with Crippen molar-refractivity contribution in [2.75, 3.05) is 6.61 Å². The molecule has 2 N–H and O–H groups in total. The number of hydrogen-bond acceptors (Lipinski definition) is 9. The Hall–Kier alpha value is 0.590. The molecule has 2 aliphatic carbocycles. The van der Waals surface area contributed by atoms with E-state index in [0.29, 0.717) is 10.1 Å². The molecule has 14 heteroatoms. The molecular formula is C18H26Cl2O7S5. The van der Waals surface area contributed by atoms with E-state index in [0.717, 1.165) is 0 Å². The van der Waals surface area contributed by atoms with Crippen LogP contribution in [0.25, 0.3) is 0 Å². The molecule has 0 bridgehead atoms. The second kappa shape index (κ2) is 12.0. The normalized spacial score (nSPS) is 34.9. The smallest absolute Gasteiger partial charge is 0.188 e. The van der Waals surface area contributed by atoms with Crippen LogP contribution in [0.15, 0.2) is 22.2 Å². The molecule has 0 radical (unpaired) electrons. The predicted molar refractivity (Wildman–Crippen MR) is 136 cm³/mol. The SMILES string of the molecule is C.CC1(C)O[C@@H]2C(=O)C=C(Cl)[C@@H]2O1.CC1(C)O[C@H]2C(Cl)=C[C@@](O)(CO)[C@H]2O1.S=S=S=S=S. The van der Waals surface area contributed by atoms with E-state index in [1.54, 1.807) is 27.7 Å². The second-order valence-electron chi connectivity index (χ2n) is 7.77. The van der Waals surface area contributed by atoms with Crippen molar-refractivity contribution >= 4 is 78.0 Å². The maximum Gasteiger partial charge on any atom is 0.188 e. The van der Waals surface area contributed by atoms with Crippen LogP contribution >= 0.6 is 23.2 Å². The average Bonchev–Trinajstić information content (AvgIpc) is 3.32. The van der Waals surface area contributed by atoms with E-state index in [1.807, 2.05) is 0 Å². The number of fused-ring (bicyclic) bond motifs is 2. The standard InChI is InChI=1S/C9H13ClO4.C8H9ClO3.CH4.S5/c1-8(2)13-6-5(10)3-9(12,4-11)7(6)14-8;1-8(2)11-6-4(9)3-5(10)7(6)12-8;;1-3-5-4-2/h3,6-7,11-12H,4H2,1-2H3;3,6-7H,1-2H3;1H4;/t6-,7-,9+;6-,7+;;/m00../s1. The minimum absolute atomic E-state index is 0. The number of ketones is 1. The van der Waals surface area contributed by atoms with Gasteiger partial charge in [-0.15, -0.1) is 0 Å². The molecule has 5 atom stereocenters. The van der Waals surface area contributed by atoms with E-state index in [9.17, 15) is 9.90 Å². The van der Waals surface area contributed by atoms with Crippen LogP contribution in [0.5, 0.6) is 0 Å². The van der Waals surface area contributed by atoms with Gasteiger partial charge in [-0.05, 0) is 33.8 Å². The maximum absolute atomic E-state index is 11.2. The quantitative estimate of drug-likeness (QED) is 0.481. The number of ether oxygens (including phenoxy) is 4. The van der Waals surface area contributed by atoms with Gasteiger partial charge in [-0.1, -0.05) is 30.6 Å². The molecule has 0 aromatic carbocycles. The van der Waals surface area contributed by atoms with Crippen LogP contribution in [0, 0.1) is 0 Å². The highest BCUT2D eigenvalue weighted by molar-refractivity contribution is 8.59. The molecule has 32 heavy (non-hydrogen) atoms. The summed E-state index contributed by atoms with van der Waals surface area (Å²) in [5.74, 6) is -1.57. The summed E-state index contributed by atoms with van der Waals surface area (Å²) in [6.07, 6.45) is 0.770. The third-order valence-corrected chi connectivity index (χ3v) is 9.58. The van der Waals surface area contributed by atoms with Crippen LogP contribution in [-0.2, 0) is 72.8 Å². The lowest BCUT2D eigenvalue weighted by atomic mass is 10.0. The van der Waals surface area contributed by atoms with E-state index in [-0.39, 0.29) is 19.3 Å². The zero-order valence-corrected chi connectivity index (χ0v) is 22.5. The first-order chi connectivity index (χ1) is 14.3. The van der Waals surface area contributed by atoms with Crippen LogP contribution < -0.4 is 0 Å². The molecule has 184 valence electrons. The first-order valence-corrected chi connectivity index (χ1v) is 15.0. The fraction of sp³-hybridized carbons (Fsp3) is 0.722. The number of carbonyl (C=O) groups excluding carboxylic acids is 1. The summed E-state index contributed by atoms with van der Waals surface area (Å²) in [6.45, 7) is 6.59. The molecule has 2 aliphatic heterocycles. The van der Waals surface area contributed by atoms with E-state index in [4.69, 9.17) is 47.3 Å². The van der Waals surface area contributed by atoms with Gasteiger partial charge in [0.2, 0.25) is 0 Å². The number of aliphatic hydroxyl groups excluding tert-OH is 1. The first-order valence-electron chi connectivity index (χ1n) is 8.88. The van der Waals surface area contributed by atoms with Crippen molar-refractivity contribution in [3.05, 3.63) is 22.2 Å². The fourth-order valence-electron chi connectivity index (χ4n) is 3.35. The summed E-state index contributed by atoms with van der Waals surface area (Å²) in [5, 5.41) is 19.9. The van der Waals surface area contributed by atoms with Gasteiger partial charge in [-0.2, -0.15) is 0 Å². The Labute approximate surface area is 216 Å². The van der Waals surface area contributed by atoms with Gasteiger partial charge in [0.25, 0.3) is 0 Å². The summed E-state index contributed by atoms with van der Waals surface area (Å²) in [5.41, 5.74) is -1.42. The lowest BCUT2D eigenvalue weighted by Crippen LogP contribution is -2.45. The molecule has 0 spiro atoms. The van der Waals surface area contributed by atoms with Crippen molar-refractivity contribution in [1.29, 1.82) is 0 Å². The Balaban J connectivity index is 0.000000261. The van der Waals surface area contributed by atoms with E-state index in [1.165, 1.54) is 38.8 Å². The molecule has 2 heterocycles. The molecule has 2 saturated heterocycles. The van der Waals surface area contributed by atoms with Gasteiger partial charge < -0.3 is 29.2 Å². The van der Waals surface area contributed by atoms with Crippen molar-refractivity contribution in [2.24, 2.45) is 0 Å². The van der Waals surface area contributed by atoms with Gasteiger partial charge in [0.1, 0.15) is 23.9 Å². The zero-order valence-electron chi connectivity index (χ0n) is 16.9. The largest absolute Gasteiger partial charge is 0.393 e. The number of aliphatic hydroxyl groups is 2. The Kier molecular flexibility index (Phi) is 11.5. The molecule has 0 aromatic rings. The topological polar surface area (TPSA) is 94.5 Å². The van der Waals surface area contributed by atoms with Gasteiger partial charge in [-0.3, -0.25) is 4.79 Å². The third kappa shape index (κ3) is 7.30. The summed E-state index contributed by atoms with van der Waals surface area (Å²) in [6, 6.07) is 0. The van der Waals surface area contributed by atoms with Crippen molar-refractivity contribution in [3.8, 4) is 0 Å². The summed E-state index contributed by atoms with van der Waals surface area (Å²) < 4.78 is 21.7. The molecule has 2 fully saturated rings. The second-order valence-corrected chi connectivity index (χ2v) is 13.9. The molecule has 0 unspecified atom stereocenters. The minimum Gasteiger partial charge on any atom is -0.393 e. The number of carbonyl (C=O) groups is 1. The van der Waals surface area contributed by atoms with Gasteiger partial charge in [0, 0.05) is 60.1 Å². The van der Waals surface area contributed by atoms with E-state index >= 15 is 0 Å². The summed E-state index contributed by atoms with van der Waals surface area (Å²) >= 11 is 20.5. The average molecular weight is 586 g/mol. The highest BCUT2D eigenvalue weighted by Crippen LogP contribution is 2.44. The van der Waals surface area contributed by atoms with Crippen LogP contribution in [0.1, 0.15) is 35.1 Å². The van der Waals surface area contributed by atoms with E-state index < -0.39 is 42.1 Å². The Morgan fingerprint density at radius 2 is 1.47 bits per heavy atom. The Morgan fingerprint density at radius 3 is 1.94 bits per heavy atom. The van der Waals surface area contributed by atoms with Crippen LogP contribution in [0.2, 0.25) is 0 Å². The van der Waals surface area contributed by atoms with E-state index in [2.05, 4.69) is 22.4 Å². The van der Waals surface area contributed by atoms with Gasteiger partial charge in [-0.25, -0.2) is 0 Å². The Morgan fingerprint density at radius 1 is 0.969 bits per heavy atom. The Bertz CT molecular complexity index is 895. The fourth-order valence-corrected chi connectivity index (χ4v) is 6.71. The lowest BCUT2D eigenvalue weighted by molar-refractivity contribution is -0.169. The molecule has 0 saturated carbocycles. The predicted octanol–water partition coefficient (Wildman–Crippen LogP) is 2.20. The van der Waals surface area contributed by atoms with Crippen LogP contribution in [-0.4, -0.2) is 64.2 Å². The van der Waals surface area contributed by atoms with Crippen molar-refractivity contribution < 1.29 is 34.0 Å². The lowest BCUT2D eigenvalue weighted by Gasteiger charge is -2.26. The highest BCUT2D eigenvalue weighted by atomic mass is 35.5. The van der Waals surface area contributed by atoms with Crippen molar-refractivity contribution in [2.45, 2.75) is 76.7 Å². The van der Waals surface area contributed by atoms with Crippen molar-refractivity contribution in [3.63, 3.8) is 0 Å². The van der Waals surface area contributed by atoms with Gasteiger partial charge >= 0.3 is 0 Å². The van der Waals surface area contributed by atoms with Crippen LogP contribution in [0.4, 0.5) is 0 Å². The maximum atomic E-state index is 11.2. The summed E-state index contributed by atoms with van der Waals surface area (Å²) in [7, 11) is 3.95. The van der Waals surface area contributed by atoms with Crippen molar-refractivity contribution in [1.82, 2.24) is 0 Å². The molecule has 0 amide bonds. The zero-order chi connectivity index (χ0) is 23.6. The molecular weight excluding hydrogens is 559 g/mol. The van der Waals surface area contributed by atoms with Gasteiger partial charge in [0.05, 0.1) is 11.6 Å². The summed E-state index contributed by atoms with van der Waals surface area (Å²) in [4.78, 5) is 11.2. The number of halogens is 2. The number of hydrogen-bond donors (Lipinski definition) is 2. The molecule has 4 aliphatic rings. The number of rotatable bonds is 1. The monoisotopic (exact) mass is 584 g/mol. The molecule has 7 nitrogen and oxygen atoms in total. The minimum atomic E-state index is -1.42. The first kappa shape index (κ1) is 30.6. The molecule has 0 aromatic heterocycles.